The van der Waals surface area contributed by atoms with E-state index in [9.17, 15) is 13.6 Å². The van der Waals surface area contributed by atoms with E-state index in [-0.39, 0.29) is 17.8 Å². The Morgan fingerprint density at radius 2 is 1.94 bits per heavy atom. The molecule has 0 spiro atoms. The second kappa shape index (κ2) is 8.99. The van der Waals surface area contributed by atoms with E-state index in [1.807, 2.05) is 12.1 Å². The Balaban J connectivity index is 1.65. The Morgan fingerprint density at radius 1 is 1.23 bits per heavy atom. The van der Waals surface area contributed by atoms with Crippen LogP contribution < -0.4 is 5.73 Å². The molecule has 1 aromatic heterocycles. The van der Waals surface area contributed by atoms with Crippen LogP contribution >= 0.6 is 11.6 Å². The van der Waals surface area contributed by atoms with Gasteiger partial charge in [-0.3, -0.25) is 9.79 Å². The molecule has 0 radical (unpaired) electrons. The van der Waals surface area contributed by atoms with Gasteiger partial charge in [-0.1, -0.05) is 23.7 Å². The van der Waals surface area contributed by atoms with Crippen molar-refractivity contribution in [2.24, 2.45) is 15.8 Å². The van der Waals surface area contributed by atoms with Crippen LogP contribution in [-0.2, 0) is 4.79 Å². The smallest absolute Gasteiger partial charge is 0.299 e. The number of aliphatic imine (C=N–C) groups is 1. The molecule has 2 fully saturated rings. The first-order chi connectivity index (χ1) is 16.8. The summed E-state index contributed by atoms with van der Waals surface area (Å²) in [6, 6.07) is 6.05. The molecule has 0 bridgehead atoms. The van der Waals surface area contributed by atoms with Gasteiger partial charge in [0.1, 0.15) is 5.71 Å². The molecule has 182 valence electrons. The molecule has 1 saturated carbocycles. The first-order valence-corrected chi connectivity index (χ1v) is 11.7. The van der Waals surface area contributed by atoms with Crippen LogP contribution in [0.2, 0.25) is 5.02 Å². The van der Waals surface area contributed by atoms with Gasteiger partial charge in [-0.05, 0) is 62.5 Å². The van der Waals surface area contributed by atoms with Gasteiger partial charge in [0.2, 0.25) is 5.82 Å². The van der Waals surface area contributed by atoms with Crippen molar-refractivity contribution in [3.8, 4) is 0 Å². The van der Waals surface area contributed by atoms with Crippen LogP contribution in [0.1, 0.15) is 62.8 Å². The minimum absolute atomic E-state index is 0.0823. The lowest BCUT2D eigenvalue weighted by molar-refractivity contribution is -0.124. The lowest BCUT2D eigenvalue weighted by Gasteiger charge is -2.29. The van der Waals surface area contributed by atoms with Crippen LogP contribution in [0.25, 0.3) is 5.57 Å². The number of likely N-dealkylation sites (tertiary alicyclic amines) is 1. The second-order valence-electron chi connectivity index (χ2n) is 8.92. The van der Waals surface area contributed by atoms with E-state index in [2.05, 4.69) is 15.3 Å². The van der Waals surface area contributed by atoms with Crippen molar-refractivity contribution in [1.82, 2.24) is 19.8 Å². The summed E-state index contributed by atoms with van der Waals surface area (Å²) < 4.78 is 27.9. The number of nitrogens with two attached hydrogens (primary N) is 1. The van der Waals surface area contributed by atoms with E-state index in [1.54, 1.807) is 37.0 Å². The maximum atomic E-state index is 13.9. The molecule has 3 aliphatic rings. The van der Waals surface area contributed by atoms with Gasteiger partial charge in [0.25, 0.3) is 12.3 Å². The van der Waals surface area contributed by atoms with Crippen LogP contribution in [-0.4, -0.2) is 49.7 Å². The fraction of sp³-hybridized carbons (Fsp3) is 0.375. The number of aromatic nitrogens is 3. The lowest BCUT2D eigenvalue weighted by atomic mass is 9.92. The zero-order valence-corrected chi connectivity index (χ0v) is 20.0. The fourth-order valence-corrected chi connectivity index (χ4v) is 4.70. The third kappa shape index (κ3) is 4.05. The number of fused-ring (bicyclic) bond motifs is 1. The van der Waals surface area contributed by atoms with Gasteiger partial charge in [-0.15, -0.1) is 10.2 Å². The number of hydrogen-bond acceptors (Lipinski definition) is 6. The normalized spacial score (nSPS) is 25.1. The van der Waals surface area contributed by atoms with Crippen molar-refractivity contribution in [3.63, 3.8) is 0 Å². The average Bonchev–Trinajstić information content (AvgIpc) is 3.29. The van der Waals surface area contributed by atoms with Gasteiger partial charge in [-0.25, -0.2) is 8.78 Å². The van der Waals surface area contributed by atoms with Crippen molar-refractivity contribution in [2.45, 2.75) is 57.7 Å². The van der Waals surface area contributed by atoms with Gasteiger partial charge >= 0.3 is 0 Å². The van der Waals surface area contributed by atoms with E-state index in [0.29, 0.717) is 27.6 Å². The van der Waals surface area contributed by atoms with Crippen LogP contribution in [0.5, 0.6) is 0 Å². The molecule has 11 heteroatoms. The molecule has 2 atom stereocenters. The number of alkyl halides is 2. The van der Waals surface area contributed by atoms with Crippen LogP contribution in [0, 0.1) is 0 Å². The Labute approximate surface area is 205 Å². The maximum absolute atomic E-state index is 13.9. The van der Waals surface area contributed by atoms with E-state index in [0.717, 1.165) is 29.5 Å². The number of allylic oxidation sites excluding steroid dienone is 2. The summed E-state index contributed by atoms with van der Waals surface area (Å²) in [5.41, 5.74) is 9.17. The number of rotatable bonds is 4. The number of carbonyl (C=O) groups excluding carboxylic acids is 1. The Hall–Kier alpha value is -3.40. The molecular weight excluding hydrogens is 476 g/mol. The molecule has 2 N–H and O–H groups in total. The summed E-state index contributed by atoms with van der Waals surface area (Å²) in [6.07, 6.45) is 3.29. The van der Waals surface area contributed by atoms with Crippen molar-refractivity contribution < 1.29 is 13.6 Å². The lowest BCUT2D eigenvalue weighted by Crippen LogP contribution is -2.39. The van der Waals surface area contributed by atoms with E-state index in [1.165, 1.54) is 6.21 Å². The van der Waals surface area contributed by atoms with Gasteiger partial charge in [-0.2, -0.15) is 9.78 Å². The highest BCUT2D eigenvalue weighted by Gasteiger charge is 2.46. The standard InChI is InChI=1S/C24H24ClF2N7O/c1-12-10-17(11-29-34-22(12)31-32-23(34)21(26)27)33-20(14-6-8-15(25)9-7-14)18(13(2)28)19(24(33)35)30-16-4-3-5-16/h6-11,16-17,20-21H,3-5,28H2,1-2H3/t17-,20?/m0/s1. The summed E-state index contributed by atoms with van der Waals surface area (Å²) in [4.78, 5) is 20.3. The zero-order chi connectivity index (χ0) is 24.9. The number of hydrogen-bond donors (Lipinski definition) is 1. The first kappa shape index (κ1) is 23.3. The monoisotopic (exact) mass is 499 g/mol. The van der Waals surface area contributed by atoms with Crippen LogP contribution in [0.4, 0.5) is 8.78 Å². The summed E-state index contributed by atoms with van der Waals surface area (Å²) in [5.74, 6) is -0.649. The number of amides is 1. The zero-order valence-electron chi connectivity index (χ0n) is 19.2. The molecule has 1 aliphatic carbocycles. The highest BCUT2D eigenvalue weighted by atomic mass is 35.5. The SMILES string of the molecule is CC1=C[C@H](N2C(=O)C(=NC3CCC3)C(=C(C)N)C2c2ccc(Cl)cc2)C=Nn2c1nnc2C(F)F. The molecule has 2 aromatic rings. The van der Waals surface area contributed by atoms with E-state index in [4.69, 9.17) is 22.3 Å². The molecular formula is C24H24ClF2N7O. The van der Waals surface area contributed by atoms with Gasteiger partial charge < -0.3 is 10.6 Å². The summed E-state index contributed by atoms with van der Waals surface area (Å²) in [7, 11) is 0. The molecule has 1 aromatic carbocycles. The maximum Gasteiger partial charge on any atom is 0.299 e. The topological polar surface area (TPSA) is 102 Å². The molecule has 1 unspecified atom stereocenters. The van der Waals surface area contributed by atoms with Gasteiger partial charge in [0, 0.05) is 16.3 Å². The molecule has 1 amide bonds. The molecule has 3 heterocycles. The largest absolute Gasteiger partial charge is 0.402 e. The quantitative estimate of drug-likeness (QED) is 0.677. The van der Waals surface area contributed by atoms with Crippen molar-refractivity contribution >= 4 is 35.0 Å². The first-order valence-electron chi connectivity index (χ1n) is 11.4. The molecule has 35 heavy (non-hydrogen) atoms. The van der Waals surface area contributed by atoms with Gasteiger partial charge in [0.05, 0.1) is 24.3 Å². The predicted octanol–water partition coefficient (Wildman–Crippen LogP) is 4.30. The Morgan fingerprint density at radius 3 is 2.54 bits per heavy atom. The fourth-order valence-electron chi connectivity index (χ4n) is 4.58. The van der Waals surface area contributed by atoms with Crippen molar-refractivity contribution in [2.75, 3.05) is 0 Å². The third-order valence-corrected chi connectivity index (χ3v) is 6.78. The minimum atomic E-state index is -2.84. The number of carbonyl (C=O) groups is 1. The third-order valence-electron chi connectivity index (χ3n) is 6.53. The molecule has 1 saturated heterocycles. The second-order valence-corrected chi connectivity index (χ2v) is 9.36. The number of nitrogens with zero attached hydrogens (tertiary/aromatic N) is 6. The number of halogens is 3. The molecule has 2 aliphatic heterocycles. The molecule has 5 rings (SSSR count). The Kier molecular flexibility index (Phi) is 6.00. The highest BCUT2D eigenvalue weighted by molar-refractivity contribution is 6.48. The molecule has 8 nitrogen and oxygen atoms in total. The summed E-state index contributed by atoms with van der Waals surface area (Å²) in [6.45, 7) is 3.48. The van der Waals surface area contributed by atoms with Crippen LogP contribution in [0.15, 0.2) is 51.7 Å². The minimum Gasteiger partial charge on any atom is -0.402 e. The summed E-state index contributed by atoms with van der Waals surface area (Å²) >= 11 is 6.13. The van der Waals surface area contributed by atoms with Gasteiger partial charge in [0.15, 0.2) is 5.82 Å². The van der Waals surface area contributed by atoms with E-state index < -0.39 is 24.3 Å². The highest BCUT2D eigenvalue weighted by Crippen LogP contribution is 2.41. The number of benzene rings is 1. The average molecular weight is 500 g/mol. The Bertz CT molecular complexity index is 1290. The van der Waals surface area contributed by atoms with Crippen LogP contribution in [0.3, 0.4) is 0 Å². The van der Waals surface area contributed by atoms with Crippen molar-refractivity contribution in [1.29, 1.82) is 0 Å². The van der Waals surface area contributed by atoms with Crippen molar-refractivity contribution in [3.05, 3.63) is 63.8 Å². The summed E-state index contributed by atoms with van der Waals surface area (Å²) in [5, 5.41) is 12.2. The van der Waals surface area contributed by atoms with E-state index >= 15 is 0 Å². The predicted molar refractivity (Wildman–Crippen MR) is 129 cm³/mol.